The second kappa shape index (κ2) is 7.70. The highest BCUT2D eigenvalue weighted by atomic mass is 16.2. The second-order valence-electron chi connectivity index (χ2n) is 5.97. The van der Waals surface area contributed by atoms with E-state index in [4.69, 9.17) is 5.73 Å². The van der Waals surface area contributed by atoms with Crippen molar-refractivity contribution in [3.8, 4) is 0 Å². The summed E-state index contributed by atoms with van der Waals surface area (Å²) in [6, 6.07) is 17.0. The normalized spacial score (nSPS) is 14.2. The number of para-hydroxylation sites is 2. The Labute approximate surface area is 147 Å². The molecule has 2 aromatic carbocycles. The van der Waals surface area contributed by atoms with Crippen LogP contribution in [0.15, 0.2) is 54.6 Å². The van der Waals surface area contributed by atoms with Crippen LogP contribution in [0.3, 0.4) is 0 Å². The van der Waals surface area contributed by atoms with Gasteiger partial charge in [-0.3, -0.25) is 9.59 Å². The Bertz CT molecular complexity index is 740. The lowest BCUT2D eigenvalue weighted by atomic mass is 10.1. The van der Waals surface area contributed by atoms with E-state index in [0.717, 1.165) is 13.1 Å². The Balaban J connectivity index is 1.48. The highest BCUT2D eigenvalue weighted by molar-refractivity contribution is 6.00. The van der Waals surface area contributed by atoms with Crippen molar-refractivity contribution in [2.45, 2.75) is 0 Å². The summed E-state index contributed by atoms with van der Waals surface area (Å²) < 4.78 is 0. The van der Waals surface area contributed by atoms with Crippen LogP contribution < -0.4 is 16.0 Å². The van der Waals surface area contributed by atoms with Crippen molar-refractivity contribution in [2.75, 3.05) is 43.4 Å². The number of anilines is 2. The molecule has 1 aliphatic rings. The number of rotatable bonds is 4. The van der Waals surface area contributed by atoms with Gasteiger partial charge in [0.05, 0.1) is 12.1 Å². The molecule has 2 aromatic rings. The molecule has 0 bridgehead atoms. The summed E-state index contributed by atoms with van der Waals surface area (Å²) in [7, 11) is 0. The first-order chi connectivity index (χ1) is 12.1. The van der Waals surface area contributed by atoms with Gasteiger partial charge < -0.3 is 20.9 Å². The Kier molecular flexibility index (Phi) is 5.18. The van der Waals surface area contributed by atoms with E-state index < -0.39 is 0 Å². The van der Waals surface area contributed by atoms with Crippen molar-refractivity contribution in [1.82, 2.24) is 10.2 Å². The molecule has 0 aromatic heterocycles. The fourth-order valence-corrected chi connectivity index (χ4v) is 2.92. The Morgan fingerprint density at radius 2 is 1.56 bits per heavy atom. The number of carbonyl (C=O) groups excluding carboxylic acids is 2. The predicted molar refractivity (Wildman–Crippen MR) is 98.4 cm³/mol. The highest BCUT2D eigenvalue weighted by Crippen LogP contribution is 2.15. The highest BCUT2D eigenvalue weighted by Gasteiger charge is 2.21. The number of benzene rings is 2. The van der Waals surface area contributed by atoms with Crippen molar-refractivity contribution >= 4 is 23.2 Å². The molecule has 25 heavy (non-hydrogen) atoms. The lowest BCUT2D eigenvalue weighted by Gasteiger charge is -2.36. The second-order valence-corrected chi connectivity index (χ2v) is 5.97. The van der Waals surface area contributed by atoms with Gasteiger partial charge in [-0.25, -0.2) is 0 Å². The van der Waals surface area contributed by atoms with E-state index in [1.807, 2.05) is 18.2 Å². The number of carbonyl (C=O) groups is 2. The largest absolute Gasteiger partial charge is 0.398 e. The van der Waals surface area contributed by atoms with Gasteiger partial charge in [0.1, 0.15) is 0 Å². The molecular formula is C19H22N4O2. The van der Waals surface area contributed by atoms with Crippen LogP contribution in [0, 0.1) is 0 Å². The number of amides is 2. The summed E-state index contributed by atoms with van der Waals surface area (Å²) in [6.45, 7) is 2.86. The fraction of sp³-hybridized carbons (Fsp3) is 0.263. The van der Waals surface area contributed by atoms with Gasteiger partial charge in [-0.2, -0.15) is 0 Å². The van der Waals surface area contributed by atoms with Crippen molar-refractivity contribution in [1.29, 1.82) is 0 Å². The SMILES string of the molecule is Nc1ccccc1C(=O)NCC(=O)N1CCN(c2ccccc2)CC1. The zero-order valence-electron chi connectivity index (χ0n) is 14.0. The lowest BCUT2D eigenvalue weighted by molar-refractivity contribution is -0.130. The van der Waals surface area contributed by atoms with E-state index in [9.17, 15) is 9.59 Å². The van der Waals surface area contributed by atoms with Crippen LogP contribution in [0.2, 0.25) is 0 Å². The zero-order chi connectivity index (χ0) is 17.6. The van der Waals surface area contributed by atoms with E-state index in [1.54, 1.807) is 29.2 Å². The van der Waals surface area contributed by atoms with Crippen LogP contribution >= 0.6 is 0 Å². The van der Waals surface area contributed by atoms with Crippen molar-refractivity contribution in [3.63, 3.8) is 0 Å². The molecule has 0 atom stereocenters. The summed E-state index contributed by atoms with van der Waals surface area (Å²) in [4.78, 5) is 28.5. The van der Waals surface area contributed by atoms with Gasteiger partial charge in [0.2, 0.25) is 5.91 Å². The van der Waals surface area contributed by atoms with Crippen molar-refractivity contribution in [2.24, 2.45) is 0 Å². The van der Waals surface area contributed by atoms with E-state index in [1.165, 1.54) is 5.69 Å². The van der Waals surface area contributed by atoms with Gasteiger partial charge in [0.15, 0.2) is 0 Å². The summed E-state index contributed by atoms with van der Waals surface area (Å²) in [5.41, 5.74) is 7.75. The van der Waals surface area contributed by atoms with E-state index in [-0.39, 0.29) is 18.4 Å². The molecule has 3 N–H and O–H groups in total. The number of hydrogen-bond acceptors (Lipinski definition) is 4. The summed E-state index contributed by atoms with van der Waals surface area (Å²) in [5, 5.41) is 2.66. The van der Waals surface area contributed by atoms with Crippen molar-refractivity contribution < 1.29 is 9.59 Å². The maximum absolute atomic E-state index is 12.3. The first kappa shape index (κ1) is 16.8. The number of nitrogen functional groups attached to an aromatic ring is 1. The molecule has 0 saturated carbocycles. The van der Waals surface area contributed by atoms with Gasteiger partial charge in [-0.05, 0) is 24.3 Å². The summed E-state index contributed by atoms with van der Waals surface area (Å²) >= 11 is 0. The van der Waals surface area contributed by atoms with Gasteiger partial charge in [0.25, 0.3) is 5.91 Å². The van der Waals surface area contributed by atoms with Crippen LogP contribution in [0.5, 0.6) is 0 Å². The molecule has 0 spiro atoms. The molecule has 1 fully saturated rings. The third-order valence-electron chi connectivity index (χ3n) is 4.36. The summed E-state index contributed by atoms with van der Waals surface area (Å²) in [6.07, 6.45) is 0. The zero-order valence-corrected chi connectivity index (χ0v) is 14.0. The van der Waals surface area contributed by atoms with E-state index in [2.05, 4.69) is 22.3 Å². The standard InChI is InChI=1S/C19H22N4O2/c20-17-9-5-4-8-16(17)19(25)21-14-18(24)23-12-10-22(11-13-23)15-6-2-1-3-7-15/h1-9H,10-14,20H2,(H,21,25). The number of nitrogens with one attached hydrogen (secondary N) is 1. The molecule has 3 rings (SSSR count). The molecule has 2 amide bonds. The van der Waals surface area contributed by atoms with Gasteiger partial charge in [-0.1, -0.05) is 30.3 Å². The van der Waals surface area contributed by atoms with E-state index in [0.29, 0.717) is 24.3 Å². The van der Waals surface area contributed by atoms with Crippen LogP contribution in [-0.2, 0) is 4.79 Å². The molecular weight excluding hydrogens is 316 g/mol. The number of piperazine rings is 1. The maximum Gasteiger partial charge on any atom is 0.253 e. The smallest absolute Gasteiger partial charge is 0.253 e. The molecule has 130 valence electrons. The van der Waals surface area contributed by atoms with E-state index >= 15 is 0 Å². The third kappa shape index (κ3) is 4.09. The minimum atomic E-state index is -0.325. The Morgan fingerprint density at radius 3 is 2.24 bits per heavy atom. The fourth-order valence-electron chi connectivity index (χ4n) is 2.92. The van der Waals surface area contributed by atoms with Gasteiger partial charge in [0, 0.05) is 37.6 Å². The Hall–Kier alpha value is -3.02. The van der Waals surface area contributed by atoms with Gasteiger partial charge >= 0.3 is 0 Å². The molecule has 0 radical (unpaired) electrons. The quantitative estimate of drug-likeness (QED) is 0.825. The molecule has 0 aliphatic carbocycles. The minimum Gasteiger partial charge on any atom is -0.398 e. The molecule has 1 heterocycles. The average Bonchev–Trinajstić information content (AvgIpc) is 2.67. The van der Waals surface area contributed by atoms with Crippen LogP contribution in [0.25, 0.3) is 0 Å². The molecule has 6 heteroatoms. The molecule has 6 nitrogen and oxygen atoms in total. The maximum atomic E-state index is 12.3. The van der Waals surface area contributed by atoms with Gasteiger partial charge in [-0.15, -0.1) is 0 Å². The number of nitrogens with two attached hydrogens (primary N) is 1. The average molecular weight is 338 g/mol. The first-order valence-corrected chi connectivity index (χ1v) is 8.35. The third-order valence-corrected chi connectivity index (χ3v) is 4.36. The number of nitrogens with zero attached hydrogens (tertiary/aromatic N) is 2. The first-order valence-electron chi connectivity index (χ1n) is 8.35. The van der Waals surface area contributed by atoms with Crippen molar-refractivity contribution in [3.05, 3.63) is 60.2 Å². The van der Waals surface area contributed by atoms with Crippen LogP contribution in [0.4, 0.5) is 11.4 Å². The lowest BCUT2D eigenvalue weighted by Crippen LogP contribution is -2.51. The molecule has 1 aliphatic heterocycles. The molecule has 1 saturated heterocycles. The monoisotopic (exact) mass is 338 g/mol. The minimum absolute atomic E-state index is 0.0154. The topological polar surface area (TPSA) is 78.7 Å². The number of hydrogen-bond donors (Lipinski definition) is 2. The van der Waals surface area contributed by atoms with Crippen LogP contribution in [0.1, 0.15) is 10.4 Å². The molecule has 0 unspecified atom stereocenters. The Morgan fingerprint density at radius 1 is 0.920 bits per heavy atom. The predicted octanol–water partition coefficient (Wildman–Crippen LogP) is 1.35. The summed E-state index contributed by atoms with van der Waals surface area (Å²) in [5.74, 6) is -0.398. The van der Waals surface area contributed by atoms with Crippen LogP contribution in [-0.4, -0.2) is 49.4 Å².